The summed E-state index contributed by atoms with van der Waals surface area (Å²) >= 11 is 0. The van der Waals surface area contributed by atoms with Gasteiger partial charge in [0.15, 0.2) is 10.5 Å². The smallest absolute Gasteiger partial charge is 0.193 e. The molecule has 0 amide bonds. The Morgan fingerprint density at radius 3 is 2.67 bits per heavy atom. The molecule has 9 heavy (non-hydrogen) atoms. The molecule has 0 bridgehead atoms. The lowest BCUT2D eigenvalue weighted by Crippen LogP contribution is -2.15. The van der Waals surface area contributed by atoms with Gasteiger partial charge >= 0.3 is 0 Å². The zero-order valence-electron chi connectivity index (χ0n) is 6.22. The van der Waals surface area contributed by atoms with Gasteiger partial charge in [-0.15, -0.1) is 0 Å². The third-order valence-corrected chi connectivity index (χ3v) is 1.01. The van der Waals surface area contributed by atoms with E-state index in [-0.39, 0.29) is 6.10 Å². The largest absolute Gasteiger partial charge is 0.379 e. The van der Waals surface area contributed by atoms with Crippen LogP contribution >= 0.6 is 0 Å². The first-order chi connectivity index (χ1) is 4.31. The van der Waals surface area contributed by atoms with Crippen molar-refractivity contribution in [1.29, 1.82) is 0 Å². The molecule has 1 unspecified atom stereocenters. The van der Waals surface area contributed by atoms with Gasteiger partial charge in [-0.2, -0.15) is 0 Å². The van der Waals surface area contributed by atoms with E-state index < -0.39 is 0 Å². The Morgan fingerprint density at radius 1 is 1.56 bits per heavy atom. The van der Waals surface area contributed by atoms with Crippen LogP contribution in [0.15, 0.2) is 0 Å². The van der Waals surface area contributed by atoms with Crippen molar-refractivity contribution in [2.24, 2.45) is 0 Å². The molecule has 4 heteroatoms. The average molecular weight is 150 g/mol. The molecule has 0 N–H and O–H groups in total. The number of hydrogen-bond donors (Lipinski definition) is 0. The maximum Gasteiger partial charge on any atom is 0.193 e. The molecule has 0 saturated carbocycles. The quantitative estimate of drug-likeness (QED) is 0.304. The molecule has 0 heterocycles. The fourth-order valence-corrected chi connectivity index (χ4v) is 0.804. The number of ether oxygens (including phenoxy) is 1. The van der Waals surface area contributed by atoms with E-state index in [0.29, 0.717) is 17.1 Å². The average Bonchev–Trinajstić information content (AvgIpc) is 1.85. The Morgan fingerprint density at radius 2 is 2.22 bits per heavy atom. The summed E-state index contributed by atoms with van der Waals surface area (Å²) in [5.74, 6) is 0. The molecular weight excluding hydrogens is 136 g/mol. The third-order valence-electron chi connectivity index (χ3n) is 0.817. The van der Waals surface area contributed by atoms with E-state index in [1.807, 2.05) is 13.8 Å². The van der Waals surface area contributed by atoms with E-state index in [1.165, 1.54) is 0 Å². The highest BCUT2D eigenvalue weighted by Gasteiger charge is 1.99. The summed E-state index contributed by atoms with van der Waals surface area (Å²) in [6.07, 6.45) is 0.0578. The van der Waals surface area contributed by atoms with Crippen LogP contribution in [-0.4, -0.2) is 29.8 Å². The van der Waals surface area contributed by atoms with Gasteiger partial charge in [-0.3, -0.25) is 4.58 Å². The van der Waals surface area contributed by atoms with Gasteiger partial charge in [0.05, 0.1) is 6.61 Å². The van der Waals surface area contributed by atoms with Crippen molar-refractivity contribution < 1.29 is 14.2 Å². The Kier molecular flexibility index (Phi) is 6.29. The van der Waals surface area contributed by atoms with Crippen LogP contribution in [0.2, 0.25) is 0 Å². The second kappa shape index (κ2) is 6.22. The van der Waals surface area contributed by atoms with E-state index in [0.717, 1.165) is 6.61 Å². The first-order valence-electron chi connectivity index (χ1n) is 3.08. The first-order valence-corrected chi connectivity index (χ1v) is 3.90. The van der Waals surface area contributed by atoms with E-state index in [9.17, 15) is 0 Å². The summed E-state index contributed by atoms with van der Waals surface area (Å²) in [5, 5.41) is 0. The zero-order valence-corrected chi connectivity index (χ0v) is 8.22. The lowest BCUT2D eigenvalue weighted by atomic mass is 10.4. The van der Waals surface area contributed by atoms with Crippen LogP contribution in [0, 0.1) is 0 Å². The summed E-state index contributed by atoms with van der Waals surface area (Å²) in [4.78, 5) is 4.78. The van der Waals surface area contributed by atoms with Gasteiger partial charge in [0, 0.05) is 6.61 Å². The van der Waals surface area contributed by atoms with Gasteiger partial charge in [0.2, 0.25) is 0 Å². The predicted octanol–water partition coefficient (Wildman–Crippen LogP) is -0.360. The van der Waals surface area contributed by atoms with Crippen LogP contribution in [0.5, 0.6) is 0 Å². The summed E-state index contributed by atoms with van der Waals surface area (Å²) < 4.78 is 9.62. The van der Waals surface area contributed by atoms with E-state index >= 15 is 0 Å². The fraction of sp³-hybridized carbons (Fsp3) is 1.00. The van der Waals surface area contributed by atoms with Crippen LogP contribution in [-0.2, 0) is 14.2 Å². The maximum atomic E-state index is 5.06. The monoisotopic (exact) mass is 150 g/mol. The van der Waals surface area contributed by atoms with E-state index in [4.69, 9.17) is 9.62 Å². The molecule has 0 aliphatic carbocycles. The van der Waals surface area contributed by atoms with Crippen molar-refractivity contribution in [3.05, 3.63) is 0 Å². The lowest BCUT2D eigenvalue weighted by molar-refractivity contribution is -0.247. The summed E-state index contributed by atoms with van der Waals surface area (Å²) in [6.45, 7) is 5.20. The van der Waals surface area contributed by atoms with E-state index in [2.05, 4.69) is 4.58 Å². The molecule has 0 aromatic rings. The van der Waals surface area contributed by atoms with Crippen molar-refractivity contribution in [2.75, 3.05) is 13.2 Å². The highest BCUT2D eigenvalue weighted by Crippen LogP contribution is 1.90. The first kappa shape index (κ1) is 9.10. The molecule has 0 aromatic heterocycles. The molecule has 0 aliphatic rings. The van der Waals surface area contributed by atoms with Gasteiger partial charge in [-0.1, -0.05) is 0 Å². The highest BCUT2D eigenvalue weighted by atomic mass is 28.2. The molecular formula is C5H14O3Si. The molecule has 0 radical (unpaired) electrons. The maximum absolute atomic E-state index is 5.06. The van der Waals surface area contributed by atoms with Gasteiger partial charge in [0.25, 0.3) is 0 Å². The van der Waals surface area contributed by atoms with Crippen molar-refractivity contribution in [3.8, 4) is 0 Å². The number of rotatable bonds is 5. The Labute approximate surface area is 58.8 Å². The Balaban J connectivity index is 2.95. The van der Waals surface area contributed by atoms with Gasteiger partial charge in [-0.05, 0) is 13.8 Å². The van der Waals surface area contributed by atoms with Gasteiger partial charge in [-0.25, -0.2) is 4.89 Å². The van der Waals surface area contributed by atoms with Crippen LogP contribution in [0.1, 0.15) is 13.8 Å². The SMILES string of the molecule is CCOCC(C)OO[SiH3]. The lowest BCUT2D eigenvalue weighted by Gasteiger charge is -2.08. The third kappa shape index (κ3) is 5.98. The van der Waals surface area contributed by atoms with Crippen LogP contribution < -0.4 is 0 Å². The minimum Gasteiger partial charge on any atom is -0.379 e. The normalized spacial score (nSPS) is 14.0. The summed E-state index contributed by atoms with van der Waals surface area (Å²) in [7, 11) is 0.618. The second-order valence-electron chi connectivity index (χ2n) is 1.73. The molecule has 0 spiro atoms. The predicted molar refractivity (Wildman–Crippen MR) is 38.1 cm³/mol. The van der Waals surface area contributed by atoms with Crippen LogP contribution in [0.25, 0.3) is 0 Å². The zero-order chi connectivity index (χ0) is 7.11. The molecule has 0 saturated heterocycles. The Bertz CT molecular complexity index is 60.2. The molecule has 56 valence electrons. The van der Waals surface area contributed by atoms with Crippen molar-refractivity contribution in [3.63, 3.8) is 0 Å². The highest BCUT2D eigenvalue weighted by molar-refractivity contribution is 5.97. The van der Waals surface area contributed by atoms with Crippen molar-refractivity contribution in [1.82, 2.24) is 0 Å². The summed E-state index contributed by atoms with van der Waals surface area (Å²) in [6, 6.07) is 0. The minimum atomic E-state index is 0.0578. The second-order valence-corrected chi connectivity index (χ2v) is 2.07. The van der Waals surface area contributed by atoms with Gasteiger partial charge < -0.3 is 4.74 Å². The molecule has 0 aliphatic heterocycles. The fourth-order valence-electron chi connectivity index (χ4n) is 0.476. The van der Waals surface area contributed by atoms with Gasteiger partial charge in [0.1, 0.15) is 6.10 Å². The van der Waals surface area contributed by atoms with Crippen LogP contribution in [0.4, 0.5) is 0 Å². The van der Waals surface area contributed by atoms with Crippen molar-refractivity contribution >= 4 is 10.5 Å². The number of hydrogen-bond acceptors (Lipinski definition) is 3. The minimum absolute atomic E-state index is 0.0578. The van der Waals surface area contributed by atoms with E-state index in [1.54, 1.807) is 0 Å². The van der Waals surface area contributed by atoms with Crippen molar-refractivity contribution in [2.45, 2.75) is 20.0 Å². The molecule has 0 aromatic carbocycles. The Hall–Kier alpha value is 0.0969. The van der Waals surface area contributed by atoms with Crippen LogP contribution in [0.3, 0.4) is 0 Å². The molecule has 0 fully saturated rings. The molecule has 3 nitrogen and oxygen atoms in total. The topological polar surface area (TPSA) is 27.7 Å². The standard InChI is InChI=1S/C5H14O3Si/c1-3-6-4-5(2)7-8-9/h5H,3-4H2,1-2,9H3. The summed E-state index contributed by atoms with van der Waals surface area (Å²) in [5.41, 5.74) is 0. The molecule has 0 rings (SSSR count). The molecule has 1 atom stereocenters.